The van der Waals surface area contributed by atoms with Gasteiger partial charge in [0.05, 0.1) is 11.1 Å². The Bertz CT molecular complexity index is 1240. The van der Waals surface area contributed by atoms with Crippen LogP contribution in [0.25, 0.3) is 10.2 Å². The molecule has 33 heavy (non-hydrogen) atoms. The number of nitrogens with two attached hydrogens (primary N) is 1. The van der Waals surface area contributed by atoms with Gasteiger partial charge in [-0.3, -0.25) is 9.59 Å². The number of benzene rings is 1. The van der Waals surface area contributed by atoms with Gasteiger partial charge in [-0.1, -0.05) is 18.9 Å². The van der Waals surface area contributed by atoms with Gasteiger partial charge in [-0.05, 0) is 48.9 Å². The van der Waals surface area contributed by atoms with E-state index < -0.39 is 5.97 Å². The number of halogens is 1. The maximum Gasteiger partial charge on any atom is 0.372 e. The maximum absolute atomic E-state index is 12.1. The number of aromatic carboxylic acids is 1. The monoisotopic (exact) mass is 492 g/mol. The fourth-order valence-electron chi connectivity index (χ4n) is 3.88. The summed E-state index contributed by atoms with van der Waals surface area (Å²) in [4.78, 5) is 42.2. The Morgan fingerprint density at radius 2 is 1.94 bits per heavy atom. The lowest BCUT2D eigenvalue weighted by Crippen LogP contribution is -2.25. The number of nitrogens with zero attached hydrogens (tertiary/aromatic N) is 1. The van der Waals surface area contributed by atoms with E-state index in [1.165, 1.54) is 29.1 Å². The third-order valence-corrected chi connectivity index (χ3v) is 6.63. The Morgan fingerprint density at radius 1 is 1.18 bits per heavy atom. The molecule has 2 aromatic heterocycles. The van der Waals surface area contributed by atoms with Crippen LogP contribution in [0.4, 0.5) is 5.69 Å². The first-order valence-electron chi connectivity index (χ1n) is 10.5. The Hall–Kier alpha value is -2.95. The molecule has 0 unspecified atom stereocenters. The van der Waals surface area contributed by atoms with Crippen molar-refractivity contribution in [3.05, 3.63) is 50.4 Å². The minimum Gasteiger partial charge on any atom is -0.482 e. The number of nitrogens with one attached hydrogen (secondary N) is 2. The average Bonchev–Trinajstić information content (AvgIpc) is 3.10. The molecule has 1 aliphatic carbocycles. The van der Waals surface area contributed by atoms with Crippen LogP contribution in [0.15, 0.2) is 23.0 Å². The van der Waals surface area contributed by atoms with Gasteiger partial charge in [-0.25, -0.2) is 9.78 Å². The lowest BCUT2D eigenvalue weighted by atomic mass is 9.98. The Kier molecular flexibility index (Phi) is 8.06. The van der Waals surface area contributed by atoms with Gasteiger partial charge < -0.3 is 25.9 Å². The van der Waals surface area contributed by atoms with Gasteiger partial charge in [0.2, 0.25) is 5.82 Å². The zero-order valence-corrected chi connectivity index (χ0v) is 19.4. The van der Waals surface area contributed by atoms with Gasteiger partial charge in [0, 0.05) is 11.4 Å². The number of carboxylic acid groups (broad SMARTS) is 1. The fourth-order valence-corrected chi connectivity index (χ4v) is 5.14. The molecule has 3 heterocycles. The highest BCUT2D eigenvalue weighted by molar-refractivity contribution is 7.18. The molecule has 0 saturated heterocycles. The molecule has 5 N–H and O–H groups in total. The van der Waals surface area contributed by atoms with Gasteiger partial charge >= 0.3 is 5.97 Å². The normalized spacial score (nSPS) is 14.8. The fraction of sp³-hybridized carbons (Fsp3) is 0.364. The Labute approximate surface area is 199 Å². The summed E-state index contributed by atoms with van der Waals surface area (Å²) in [6.45, 7) is 0.554. The van der Waals surface area contributed by atoms with E-state index in [4.69, 9.17) is 15.6 Å². The number of aromatic nitrogens is 2. The number of rotatable bonds is 2. The number of hydrogen-bond acceptors (Lipinski definition) is 7. The second-order valence-electron chi connectivity index (χ2n) is 7.69. The minimum absolute atomic E-state index is 0. The molecule has 0 atom stereocenters. The van der Waals surface area contributed by atoms with E-state index in [-0.39, 0.29) is 36.3 Å². The summed E-state index contributed by atoms with van der Waals surface area (Å²) in [5, 5.41) is 12.3. The van der Waals surface area contributed by atoms with Crippen LogP contribution in [0, 0.1) is 0 Å². The number of hydrogen-bond donors (Lipinski definition) is 4. The van der Waals surface area contributed by atoms with Crippen molar-refractivity contribution in [1.82, 2.24) is 9.97 Å². The predicted molar refractivity (Wildman–Crippen MR) is 129 cm³/mol. The number of carbonyl (C=O) groups is 2. The number of ether oxygens (including phenoxy) is 1. The molecule has 5 rings (SSSR count). The molecule has 176 valence electrons. The van der Waals surface area contributed by atoms with E-state index in [0.29, 0.717) is 28.2 Å². The molecule has 1 aromatic carbocycles. The molecule has 1 aliphatic heterocycles. The van der Waals surface area contributed by atoms with Crippen molar-refractivity contribution in [3.8, 4) is 5.75 Å². The van der Waals surface area contributed by atoms with Gasteiger partial charge in [0.1, 0.15) is 10.6 Å². The zero-order chi connectivity index (χ0) is 22.7. The number of anilines is 1. The molecule has 3 aromatic rings. The standard InChI is InChI=1S/C13H14N2O3S.C9H10N2O2.ClH/c16-11-9-7-5-3-1-2-4-6-8(7)19-12(9)15-10(14-11)13(17)18;10-4-6-1-2-8-7(3-6)11-9(12)5-13-8;/h1-6H2,(H,17,18)(H,14,15,16);1-3H,4-5,10H2,(H,11,12);1H. The number of aromatic amines is 1. The Morgan fingerprint density at radius 3 is 2.67 bits per heavy atom. The van der Waals surface area contributed by atoms with E-state index >= 15 is 0 Å². The van der Waals surface area contributed by atoms with Crippen LogP contribution in [0.2, 0.25) is 0 Å². The van der Waals surface area contributed by atoms with Gasteiger partial charge in [0.25, 0.3) is 11.5 Å². The second-order valence-corrected chi connectivity index (χ2v) is 8.77. The van der Waals surface area contributed by atoms with Crippen LogP contribution >= 0.6 is 23.7 Å². The molecule has 1 amide bonds. The first kappa shape index (κ1) is 24.7. The predicted octanol–water partition coefficient (Wildman–Crippen LogP) is 3.24. The first-order chi connectivity index (χ1) is 15.5. The van der Waals surface area contributed by atoms with E-state index in [0.717, 1.165) is 36.8 Å². The van der Waals surface area contributed by atoms with Crippen molar-refractivity contribution >= 4 is 51.5 Å². The number of fused-ring (bicyclic) bond motifs is 4. The van der Waals surface area contributed by atoms with Crippen LogP contribution in [0.1, 0.15) is 52.3 Å². The van der Waals surface area contributed by atoms with Crippen molar-refractivity contribution in [2.24, 2.45) is 5.73 Å². The highest BCUT2D eigenvalue weighted by Gasteiger charge is 2.19. The Balaban J connectivity index is 0.000000192. The quantitative estimate of drug-likeness (QED) is 0.429. The lowest BCUT2D eigenvalue weighted by Gasteiger charge is -2.18. The summed E-state index contributed by atoms with van der Waals surface area (Å²) >= 11 is 1.47. The van der Waals surface area contributed by atoms with Gasteiger partial charge in [-0.15, -0.1) is 23.7 Å². The summed E-state index contributed by atoms with van der Waals surface area (Å²) in [5.41, 5.74) is 7.92. The molecule has 11 heteroatoms. The average molecular weight is 493 g/mol. The van der Waals surface area contributed by atoms with Gasteiger partial charge in [0.15, 0.2) is 6.61 Å². The van der Waals surface area contributed by atoms with Crippen molar-refractivity contribution in [2.45, 2.75) is 45.1 Å². The van der Waals surface area contributed by atoms with E-state index in [9.17, 15) is 14.4 Å². The number of carbonyl (C=O) groups excluding carboxylic acids is 1. The molecule has 0 spiro atoms. The summed E-state index contributed by atoms with van der Waals surface area (Å²) in [6.07, 6.45) is 6.49. The molecule has 0 bridgehead atoms. The molecule has 2 aliphatic rings. The van der Waals surface area contributed by atoms with Crippen molar-refractivity contribution in [3.63, 3.8) is 0 Å². The largest absolute Gasteiger partial charge is 0.482 e. The third kappa shape index (κ3) is 5.52. The number of amides is 1. The highest BCUT2D eigenvalue weighted by Crippen LogP contribution is 2.32. The summed E-state index contributed by atoms with van der Waals surface area (Å²) < 4.78 is 5.18. The minimum atomic E-state index is -1.19. The van der Waals surface area contributed by atoms with Gasteiger partial charge in [-0.2, -0.15) is 0 Å². The van der Waals surface area contributed by atoms with E-state index in [1.54, 1.807) is 0 Å². The number of thiophene rings is 1. The molecule has 0 saturated carbocycles. The lowest BCUT2D eigenvalue weighted by molar-refractivity contribution is -0.118. The summed E-state index contributed by atoms with van der Waals surface area (Å²) in [7, 11) is 0. The van der Waals surface area contributed by atoms with Crippen molar-refractivity contribution in [1.29, 1.82) is 0 Å². The van der Waals surface area contributed by atoms with Crippen LogP contribution in [-0.4, -0.2) is 33.6 Å². The number of carboxylic acids is 1. The molecule has 9 nitrogen and oxygen atoms in total. The van der Waals surface area contributed by atoms with E-state index in [1.807, 2.05) is 18.2 Å². The molecule has 0 fully saturated rings. The molecular weight excluding hydrogens is 468 g/mol. The highest BCUT2D eigenvalue weighted by atomic mass is 35.5. The smallest absolute Gasteiger partial charge is 0.372 e. The van der Waals surface area contributed by atoms with Crippen molar-refractivity contribution in [2.75, 3.05) is 11.9 Å². The first-order valence-corrected chi connectivity index (χ1v) is 11.3. The number of H-pyrrole nitrogens is 1. The topological polar surface area (TPSA) is 147 Å². The zero-order valence-electron chi connectivity index (χ0n) is 17.8. The van der Waals surface area contributed by atoms with Crippen LogP contribution in [0.5, 0.6) is 5.75 Å². The maximum atomic E-state index is 12.1. The van der Waals surface area contributed by atoms with Crippen LogP contribution in [0.3, 0.4) is 0 Å². The molecular formula is C22H25ClN4O5S. The second kappa shape index (κ2) is 10.8. The summed E-state index contributed by atoms with van der Waals surface area (Å²) in [5.74, 6) is -0.884. The SMILES string of the molecule is Cl.NCc1ccc2c(c1)NC(=O)CO2.O=C(O)c1nc2sc3c(c2c(=O)[nH]1)CCCCCC3. The summed E-state index contributed by atoms with van der Waals surface area (Å²) in [6, 6.07) is 5.53. The van der Waals surface area contributed by atoms with Crippen LogP contribution < -0.4 is 21.3 Å². The molecule has 0 radical (unpaired) electrons. The number of aryl methyl sites for hydroxylation is 2. The third-order valence-electron chi connectivity index (χ3n) is 5.44. The van der Waals surface area contributed by atoms with Crippen molar-refractivity contribution < 1.29 is 19.4 Å². The van der Waals surface area contributed by atoms with Crippen LogP contribution in [-0.2, 0) is 24.2 Å². The van der Waals surface area contributed by atoms with E-state index in [2.05, 4.69) is 15.3 Å².